The van der Waals surface area contributed by atoms with Crippen LogP contribution in [0.3, 0.4) is 0 Å². The molecule has 1 atom stereocenters. The number of halogens is 1. The van der Waals surface area contributed by atoms with E-state index in [-0.39, 0.29) is 6.61 Å². The van der Waals surface area contributed by atoms with E-state index in [0.717, 1.165) is 18.7 Å². The third kappa shape index (κ3) is 3.05. The zero-order chi connectivity index (χ0) is 15.5. The molecular formula is C17H22ClN3O. The summed E-state index contributed by atoms with van der Waals surface area (Å²) in [6.45, 7) is 1.49. The fraction of sp³-hybridized carbons (Fsp3) is 0.471. The predicted octanol–water partition coefficient (Wildman–Crippen LogP) is 2.95. The Hall–Kier alpha value is -1.36. The molecule has 1 heterocycles. The van der Waals surface area contributed by atoms with Gasteiger partial charge in [0.15, 0.2) is 0 Å². The first kappa shape index (κ1) is 15.5. The Labute approximate surface area is 136 Å². The van der Waals surface area contributed by atoms with Gasteiger partial charge in [-0.1, -0.05) is 35.9 Å². The summed E-state index contributed by atoms with van der Waals surface area (Å²) in [6, 6.07) is 8.99. The van der Waals surface area contributed by atoms with E-state index in [9.17, 15) is 5.11 Å². The van der Waals surface area contributed by atoms with E-state index in [1.165, 1.54) is 17.5 Å². The average Bonchev–Trinajstić information content (AvgIpc) is 2.86. The van der Waals surface area contributed by atoms with Crippen LogP contribution >= 0.6 is 11.6 Å². The molecule has 1 aromatic heterocycles. The smallest absolute Gasteiger partial charge is 0.128 e. The van der Waals surface area contributed by atoms with Gasteiger partial charge < -0.3 is 9.67 Å². The number of imidazole rings is 1. The summed E-state index contributed by atoms with van der Waals surface area (Å²) in [7, 11) is 1.93. The lowest BCUT2D eigenvalue weighted by Gasteiger charge is -2.35. The molecule has 118 valence electrons. The molecule has 1 N–H and O–H groups in total. The number of aromatic nitrogens is 2. The van der Waals surface area contributed by atoms with Crippen LogP contribution in [0.2, 0.25) is 5.15 Å². The van der Waals surface area contributed by atoms with Crippen LogP contribution < -0.4 is 0 Å². The number of rotatable bonds is 5. The fourth-order valence-corrected chi connectivity index (χ4v) is 3.48. The Bertz CT molecular complexity index is 641. The van der Waals surface area contributed by atoms with Crippen molar-refractivity contribution in [3.63, 3.8) is 0 Å². The summed E-state index contributed by atoms with van der Waals surface area (Å²) in [5.41, 5.74) is 2.82. The van der Waals surface area contributed by atoms with Crippen molar-refractivity contribution < 1.29 is 5.11 Å². The highest BCUT2D eigenvalue weighted by atomic mass is 35.5. The molecule has 1 aromatic carbocycles. The first-order valence-corrected chi connectivity index (χ1v) is 8.17. The molecule has 0 aliphatic heterocycles. The Kier molecular flexibility index (Phi) is 4.81. The number of hydrogen-bond donors (Lipinski definition) is 1. The number of aliphatic hydroxyl groups excluding tert-OH is 1. The van der Waals surface area contributed by atoms with Crippen LogP contribution in [-0.2, 0) is 20.0 Å². The Morgan fingerprint density at radius 1 is 1.41 bits per heavy atom. The van der Waals surface area contributed by atoms with E-state index in [0.29, 0.717) is 24.3 Å². The second-order valence-electron chi connectivity index (χ2n) is 5.86. The van der Waals surface area contributed by atoms with Crippen molar-refractivity contribution in [2.24, 2.45) is 7.05 Å². The van der Waals surface area contributed by atoms with Crippen LogP contribution in [0.4, 0.5) is 0 Å². The van der Waals surface area contributed by atoms with Crippen LogP contribution in [0, 0.1) is 0 Å². The van der Waals surface area contributed by atoms with Crippen LogP contribution in [-0.4, -0.2) is 32.7 Å². The van der Waals surface area contributed by atoms with Crippen molar-refractivity contribution >= 4 is 11.6 Å². The van der Waals surface area contributed by atoms with Gasteiger partial charge in [0.1, 0.15) is 11.0 Å². The van der Waals surface area contributed by atoms with E-state index in [1.807, 2.05) is 11.6 Å². The second-order valence-corrected chi connectivity index (χ2v) is 6.24. The topological polar surface area (TPSA) is 41.3 Å². The molecule has 0 saturated carbocycles. The molecule has 3 rings (SSSR count). The minimum absolute atomic E-state index is 0.150. The van der Waals surface area contributed by atoms with Gasteiger partial charge in [-0.2, -0.15) is 0 Å². The monoisotopic (exact) mass is 319 g/mol. The quantitative estimate of drug-likeness (QED) is 0.921. The van der Waals surface area contributed by atoms with Crippen LogP contribution in [0.15, 0.2) is 30.5 Å². The lowest BCUT2D eigenvalue weighted by molar-refractivity contribution is 0.127. The summed E-state index contributed by atoms with van der Waals surface area (Å²) in [5, 5.41) is 10.1. The van der Waals surface area contributed by atoms with Crippen molar-refractivity contribution in [3.8, 4) is 0 Å². The van der Waals surface area contributed by atoms with E-state index in [2.05, 4.69) is 34.1 Å². The highest BCUT2D eigenvalue weighted by Crippen LogP contribution is 2.34. The summed E-state index contributed by atoms with van der Waals surface area (Å²) in [6.07, 6.45) is 5.14. The van der Waals surface area contributed by atoms with Crippen molar-refractivity contribution in [2.75, 3.05) is 13.2 Å². The van der Waals surface area contributed by atoms with Gasteiger partial charge in [-0.05, 0) is 30.4 Å². The maximum absolute atomic E-state index is 9.47. The van der Waals surface area contributed by atoms with Gasteiger partial charge in [0.25, 0.3) is 0 Å². The molecule has 1 aliphatic carbocycles. The summed E-state index contributed by atoms with van der Waals surface area (Å²) in [5.74, 6) is 0.932. The maximum Gasteiger partial charge on any atom is 0.128 e. The number of aliphatic hydroxyl groups is 1. The SMILES string of the molecule is Cn1c(Cl)cnc1CN(CCO)C1CCCc2ccccc21. The predicted molar refractivity (Wildman–Crippen MR) is 87.8 cm³/mol. The molecule has 4 nitrogen and oxygen atoms in total. The van der Waals surface area contributed by atoms with Gasteiger partial charge in [-0.3, -0.25) is 4.90 Å². The molecule has 22 heavy (non-hydrogen) atoms. The molecule has 0 fully saturated rings. The van der Waals surface area contributed by atoms with Crippen molar-refractivity contribution in [2.45, 2.75) is 31.8 Å². The maximum atomic E-state index is 9.47. The third-order valence-electron chi connectivity index (χ3n) is 4.54. The summed E-state index contributed by atoms with van der Waals surface area (Å²) < 4.78 is 1.90. The van der Waals surface area contributed by atoms with Crippen molar-refractivity contribution in [3.05, 3.63) is 52.6 Å². The lowest BCUT2D eigenvalue weighted by atomic mass is 9.87. The first-order valence-electron chi connectivity index (χ1n) is 7.79. The summed E-state index contributed by atoms with van der Waals surface area (Å²) >= 11 is 6.09. The Morgan fingerprint density at radius 3 is 2.95 bits per heavy atom. The van der Waals surface area contributed by atoms with Crippen molar-refractivity contribution in [1.29, 1.82) is 0 Å². The van der Waals surface area contributed by atoms with Gasteiger partial charge in [0.2, 0.25) is 0 Å². The van der Waals surface area contributed by atoms with Gasteiger partial charge in [0, 0.05) is 19.6 Å². The first-order chi connectivity index (χ1) is 10.7. The van der Waals surface area contributed by atoms with Crippen LogP contribution in [0.5, 0.6) is 0 Å². The zero-order valence-corrected chi connectivity index (χ0v) is 13.6. The molecule has 2 aromatic rings. The average molecular weight is 320 g/mol. The molecule has 1 unspecified atom stereocenters. The highest BCUT2D eigenvalue weighted by Gasteiger charge is 2.26. The second kappa shape index (κ2) is 6.82. The Balaban J connectivity index is 1.87. The highest BCUT2D eigenvalue weighted by molar-refractivity contribution is 6.29. The minimum Gasteiger partial charge on any atom is -0.395 e. The van der Waals surface area contributed by atoms with E-state index >= 15 is 0 Å². The van der Waals surface area contributed by atoms with Crippen molar-refractivity contribution in [1.82, 2.24) is 14.5 Å². The zero-order valence-electron chi connectivity index (χ0n) is 12.9. The largest absolute Gasteiger partial charge is 0.395 e. The number of hydrogen-bond acceptors (Lipinski definition) is 3. The van der Waals surface area contributed by atoms with Gasteiger partial charge in [0.05, 0.1) is 19.3 Å². The van der Waals surface area contributed by atoms with Gasteiger partial charge in [-0.25, -0.2) is 4.98 Å². The minimum atomic E-state index is 0.150. The van der Waals surface area contributed by atoms with E-state index in [4.69, 9.17) is 11.6 Å². The molecule has 1 aliphatic rings. The van der Waals surface area contributed by atoms with Gasteiger partial charge in [-0.15, -0.1) is 0 Å². The number of aryl methyl sites for hydroxylation is 1. The van der Waals surface area contributed by atoms with E-state index in [1.54, 1.807) is 6.20 Å². The fourth-order valence-electron chi connectivity index (χ4n) is 3.33. The lowest BCUT2D eigenvalue weighted by Crippen LogP contribution is -2.34. The standard InChI is InChI=1S/C17H22ClN3O/c1-20-16(18)11-19-17(20)12-21(9-10-22)15-8-4-6-13-5-2-3-7-14(13)15/h2-3,5,7,11,15,22H,4,6,8-10,12H2,1H3. The molecule has 5 heteroatoms. The molecule has 0 saturated heterocycles. The molecule has 0 radical (unpaired) electrons. The molecule has 0 bridgehead atoms. The number of nitrogens with zero attached hydrogens (tertiary/aromatic N) is 3. The Morgan fingerprint density at radius 2 is 2.23 bits per heavy atom. The van der Waals surface area contributed by atoms with Crippen LogP contribution in [0.1, 0.15) is 35.8 Å². The van der Waals surface area contributed by atoms with E-state index < -0.39 is 0 Å². The number of fused-ring (bicyclic) bond motifs is 1. The molecular weight excluding hydrogens is 298 g/mol. The summed E-state index contributed by atoms with van der Waals surface area (Å²) in [4.78, 5) is 6.71. The normalized spacial score (nSPS) is 17.7. The number of benzene rings is 1. The third-order valence-corrected chi connectivity index (χ3v) is 4.89. The van der Waals surface area contributed by atoms with Crippen LogP contribution in [0.25, 0.3) is 0 Å². The molecule has 0 amide bonds. The van der Waals surface area contributed by atoms with Gasteiger partial charge >= 0.3 is 0 Å². The molecule has 0 spiro atoms.